The molecule has 4 rings (SSSR count). The fraction of sp³-hybridized carbons (Fsp3) is 0.250. The predicted octanol–water partition coefficient (Wildman–Crippen LogP) is 2.61. The van der Waals surface area contributed by atoms with Crippen LogP contribution in [-0.4, -0.2) is 42.4 Å². The van der Waals surface area contributed by atoms with Crippen molar-refractivity contribution < 1.29 is 13.2 Å². The molecule has 1 aromatic heterocycles. The van der Waals surface area contributed by atoms with Crippen molar-refractivity contribution in [3.05, 3.63) is 60.0 Å². The van der Waals surface area contributed by atoms with E-state index in [-0.39, 0.29) is 16.8 Å². The van der Waals surface area contributed by atoms with Crippen LogP contribution in [0.4, 0.5) is 10.5 Å². The molecule has 1 fully saturated rings. The standard InChI is InChI=1S/C20H21N5O3S/c1-13-8-15(10-16(9-13)29(21,27)28)24-20(26)25-7-6-14(11-25)19-17-4-2-3-5-18(17)22-12-23-19/h2-5,8-10,12,14H,6-7,11H2,1H3,(H,24,26)(H2,21,27,28). The number of rotatable bonds is 3. The van der Waals surface area contributed by atoms with Crippen molar-refractivity contribution in [1.29, 1.82) is 0 Å². The highest BCUT2D eigenvalue weighted by Crippen LogP contribution is 2.30. The number of amides is 2. The van der Waals surface area contributed by atoms with Crippen LogP contribution in [0.15, 0.2) is 53.7 Å². The maximum Gasteiger partial charge on any atom is 0.321 e. The zero-order valence-electron chi connectivity index (χ0n) is 15.9. The molecule has 0 saturated carbocycles. The number of urea groups is 1. The first-order valence-electron chi connectivity index (χ1n) is 9.21. The molecule has 1 atom stereocenters. The Balaban J connectivity index is 1.51. The summed E-state index contributed by atoms with van der Waals surface area (Å²) in [5, 5.41) is 8.99. The molecule has 0 spiro atoms. The van der Waals surface area contributed by atoms with Crippen LogP contribution in [0.3, 0.4) is 0 Å². The van der Waals surface area contributed by atoms with E-state index in [1.165, 1.54) is 12.1 Å². The molecule has 1 saturated heterocycles. The van der Waals surface area contributed by atoms with E-state index in [2.05, 4.69) is 15.3 Å². The average molecular weight is 411 g/mol. The highest BCUT2D eigenvalue weighted by atomic mass is 32.2. The highest BCUT2D eigenvalue weighted by molar-refractivity contribution is 7.89. The molecule has 2 heterocycles. The third kappa shape index (κ3) is 4.06. The van der Waals surface area contributed by atoms with Crippen molar-refractivity contribution in [1.82, 2.24) is 14.9 Å². The number of benzene rings is 2. The maximum atomic E-state index is 12.7. The number of hydrogen-bond donors (Lipinski definition) is 2. The van der Waals surface area contributed by atoms with Gasteiger partial charge in [-0.15, -0.1) is 0 Å². The lowest BCUT2D eigenvalue weighted by Gasteiger charge is -2.18. The number of hydrogen-bond acceptors (Lipinski definition) is 5. The Morgan fingerprint density at radius 2 is 2.00 bits per heavy atom. The Kier molecular flexibility index (Phi) is 4.93. The number of nitrogens with one attached hydrogen (secondary N) is 1. The number of anilines is 1. The number of primary sulfonamides is 1. The molecule has 3 aromatic rings. The van der Waals surface area contributed by atoms with E-state index in [0.29, 0.717) is 24.3 Å². The Labute approximate surface area is 168 Å². The van der Waals surface area contributed by atoms with E-state index in [0.717, 1.165) is 23.0 Å². The molecular weight excluding hydrogens is 390 g/mol. The summed E-state index contributed by atoms with van der Waals surface area (Å²) in [5.74, 6) is 0.117. The van der Waals surface area contributed by atoms with Gasteiger partial charge in [-0.1, -0.05) is 18.2 Å². The van der Waals surface area contributed by atoms with E-state index < -0.39 is 10.0 Å². The van der Waals surface area contributed by atoms with Crippen LogP contribution in [0.1, 0.15) is 23.6 Å². The summed E-state index contributed by atoms with van der Waals surface area (Å²) in [6, 6.07) is 12.1. The first-order chi connectivity index (χ1) is 13.8. The minimum absolute atomic E-state index is 0.0282. The summed E-state index contributed by atoms with van der Waals surface area (Å²) in [4.78, 5) is 23.2. The Morgan fingerprint density at radius 1 is 1.21 bits per heavy atom. The number of carbonyl (C=O) groups is 1. The SMILES string of the molecule is Cc1cc(NC(=O)N2CCC(c3ncnc4ccccc34)C2)cc(S(N)(=O)=O)c1. The third-order valence-corrected chi connectivity index (χ3v) is 5.96. The van der Waals surface area contributed by atoms with Gasteiger partial charge in [-0.2, -0.15) is 0 Å². The fourth-order valence-corrected chi connectivity index (χ4v) is 4.35. The normalized spacial score (nSPS) is 16.9. The summed E-state index contributed by atoms with van der Waals surface area (Å²) < 4.78 is 23.3. The number of para-hydroxylation sites is 1. The lowest BCUT2D eigenvalue weighted by Crippen LogP contribution is -2.33. The van der Waals surface area contributed by atoms with E-state index in [1.54, 1.807) is 24.2 Å². The molecular formula is C20H21N5O3S. The first kappa shape index (κ1) is 19.3. The molecule has 8 nitrogen and oxygen atoms in total. The van der Waals surface area contributed by atoms with Gasteiger partial charge in [0.15, 0.2) is 0 Å². The Morgan fingerprint density at radius 3 is 2.79 bits per heavy atom. The van der Waals surface area contributed by atoms with Crippen LogP contribution in [0, 0.1) is 6.92 Å². The molecule has 1 aliphatic heterocycles. The minimum Gasteiger partial charge on any atom is -0.324 e. The topological polar surface area (TPSA) is 118 Å². The molecule has 0 radical (unpaired) electrons. The van der Waals surface area contributed by atoms with Crippen LogP contribution < -0.4 is 10.5 Å². The second kappa shape index (κ2) is 7.41. The summed E-state index contributed by atoms with van der Waals surface area (Å²) in [7, 11) is -3.85. The molecule has 0 bridgehead atoms. The van der Waals surface area contributed by atoms with E-state index in [9.17, 15) is 13.2 Å². The Bertz CT molecular complexity index is 1190. The summed E-state index contributed by atoms with van der Waals surface area (Å²) in [5.41, 5.74) is 2.92. The van der Waals surface area contributed by atoms with E-state index in [1.807, 2.05) is 24.3 Å². The van der Waals surface area contributed by atoms with Gasteiger partial charge < -0.3 is 10.2 Å². The summed E-state index contributed by atoms with van der Waals surface area (Å²) in [6.07, 6.45) is 2.35. The number of carbonyl (C=O) groups excluding carboxylic acids is 1. The van der Waals surface area contributed by atoms with Crippen molar-refractivity contribution in [2.45, 2.75) is 24.2 Å². The first-order valence-corrected chi connectivity index (χ1v) is 10.8. The van der Waals surface area contributed by atoms with Gasteiger partial charge in [-0.05, 0) is 43.2 Å². The summed E-state index contributed by atoms with van der Waals surface area (Å²) in [6.45, 7) is 2.86. The van der Waals surface area contributed by atoms with Gasteiger partial charge in [-0.25, -0.2) is 28.3 Å². The predicted molar refractivity (Wildman–Crippen MR) is 110 cm³/mol. The molecule has 150 valence electrons. The number of sulfonamides is 1. The number of aromatic nitrogens is 2. The van der Waals surface area contributed by atoms with Gasteiger partial charge in [0.2, 0.25) is 10.0 Å². The zero-order valence-corrected chi connectivity index (χ0v) is 16.7. The number of nitrogens with zero attached hydrogens (tertiary/aromatic N) is 3. The maximum absolute atomic E-state index is 12.7. The molecule has 9 heteroatoms. The minimum atomic E-state index is -3.85. The second-order valence-electron chi connectivity index (χ2n) is 7.22. The number of aryl methyl sites for hydroxylation is 1. The molecule has 3 N–H and O–H groups in total. The largest absolute Gasteiger partial charge is 0.324 e. The average Bonchev–Trinajstić information content (AvgIpc) is 3.16. The molecule has 1 aliphatic rings. The summed E-state index contributed by atoms with van der Waals surface area (Å²) >= 11 is 0. The third-order valence-electron chi connectivity index (χ3n) is 5.07. The zero-order chi connectivity index (χ0) is 20.6. The van der Waals surface area contributed by atoms with Crippen LogP contribution >= 0.6 is 0 Å². The van der Waals surface area contributed by atoms with Crippen molar-refractivity contribution >= 4 is 32.6 Å². The molecule has 2 amide bonds. The fourth-order valence-electron chi connectivity index (χ4n) is 3.71. The number of fused-ring (bicyclic) bond motifs is 1. The van der Waals surface area contributed by atoms with Crippen LogP contribution in [0.2, 0.25) is 0 Å². The van der Waals surface area contributed by atoms with E-state index in [4.69, 9.17) is 5.14 Å². The van der Waals surface area contributed by atoms with Gasteiger partial charge in [0.1, 0.15) is 6.33 Å². The quantitative estimate of drug-likeness (QED) is 0.687. The van der Waals surface area contributed by atoms with Crippen molar-refractivity contribution in [2.24, 2.45) is 5.14 Å². The molecule has 0 aliphatic carbocycles. The number of nitrogens with two attached hydrogens (primary N) is 1. The van der Waals surface area contributed by atoms with Gasteiger partial charge in [0.25, 0.3) is 0 Å². The molecule has 1 unspecified atom stereocenters. The lowest BCUT2D eigenvalue weighted by molar-refractivity contribution is 0.222. The van der Waals surface area contributed by atoms with E-state index >= 15 is 0 Å². The van der Waals surface area contributed by atoms with Gasteiger partial charge >= 0.3 is 6.03 Å². The van der Waals surface area contributed by atoms with Crippen LogP contribution in [0.25, 0.3) is 10.9 Å². The molecule has 29 heavy (non-hydrogen) atoms. The van der Waals surface area contributed by atoms with Gasteiger partial charge in [0.05, 0.1) is 16.1 Å². The van der Waals surface area contributed by atoms with Gasteiger partial charge in [0, 0.05) is 30.1 Å². The monoisotopic (exact) mass is 411 g/mol. The lowest BCUT2D eigenvalue weighted by atomic mass is 10.0. The van der Waals surface area contributed by atoms with Gasteiger partial charge in [-0.3, -0.25) is 0 Å². The van der Waals surface area contributed by atoms with Crippen molar-refractivity contribution in [2.75, 3.05) is 18.4 Å². The highest BCUT2D eigenvalue weighted by Gasteiger charge is 2.29. The molecule has 2 aromatic carbocycles. The van der Waals surface area contributed by atoms with Crippen molar-refractivity contribution in [3.8, 4) is 0 Å². The van der Waals surface area contributed by atoms with Crippen molar-refractivity contribution in [3.63, 3.8) is 0 Å². The smallest absolute Gasteiger partial charge is 0.321 e. The van der Waals surface area contributed by atoms with Crippen LogP contribution in [0.5, 0.6) is 0 Å². The van der Waals surface area contributed by atoms with Crippen LogP contribution in [-0.2, 0) is 10.0 Å². The Hall–Kier alpha value is -3.04. The number of likely N-dealkylation sites (tertiary alicyclic amines) is 1. The second-order valence-corrected chi connectivity index (χ2v) is 8.78.